The Morgan fingerprint density at radius 2 is 1.94 bits per heavy atom. The van der Waals surface area contributed by atoms with E-state index in [0.29, 0.717) is 5.03 Å². The molecule has 0 fully saturated rings. The number of aryl methyl sites for hydroxylation is 2. The Morgan fingerprint density at radius 1 is 1.22 bits per heavy atom. The van der Waals surface area contributed by atoms with Crippen LogP contribution in [-0.2, 0) is 0 Å². The highest BCUT2D eigenvalue weighted by atomic mass is 32.2. The van der Waals surface area contributed by atoms with E-state index < -0.39 is 5.97 Å². The van der Waals surface area contributed by atoms with Crippen molar-refractivity contribution in [2.75, 3.05) is 0 Å². The maximum Gasteiger partial charge on any atom is 0.357 e. The van der Waals surface area contributed by atoms with Crippen molar-refractivity contribution in [3.63, 3.8) is 0 Å². The summed E-state index contributed by atoms with van der Waals surface area (Å²) < 4.78 is 0. The zero-order valence-electron chi connectivity index (χ0n) is 9.91. The number of aromatic nitrogens is 3. The minimum absolute atomic E-state index is 0.0524. The smallest absolute Gasteiger partial charge is 0.357 e. The Labute approximate surface area is 108 Å². The lowest BCUT2D eigenvalue weighted by Crippen LogP contribution is -2.03. The van der Waals surface area contributed by atoms with Crippen LogP contribution >= 0.6 is 11.8 Å². The summed E-state index contributed by atoms with van der Waals surface area (Å²) in [6.45, 7) is 3.86. The fraction of sp³-hybridized carbons (Fsp3) is 0.167. The quantitative estimate of drug-likeness (QED) is 0.913. The van der Waals surface area contributed by atoms with Crippen molar-refractivity contribution in [1.82, 2.24) is 15.0 Å². The average molecular weight is 261 g/mol. The molecule has 6 heteroatoms. The summed E-state index contributed by atoms with van der Waals surface area (Å²) in [5.74, 6) is -1.09. The molecule has 18 heavy (non-hydrogen) atoms. The number of carboxylic acid groups (broad SMARTS) is 1. The van der Waals surface area contributed by atoms with E-state index in [2.05, 4.69) is 15.0 Å². The molecule has 0 bridgehead atoms. The second kappa shape index (κ2) is 5.14. The fourth-order valence-corrected chi connectivity index (χ4v) is 2.49. The van der Waals surface area contributed by atoms with Gasteiger partial charge in [-0.1, -0.05) is 0 Å². The van der Waals surface area contributed by atoms with Gasteiger partial charge in [0.15, 0.2) is 5.69 Å². The van der Waals surface area contributed by atoms with Gasteiger partial charge in [0.05, 0.1) is 0 Å². The van der Waals surface area contributed by atoms with Crippen molar-refractivity contribution in [2.45, 2.75) is 23.9 Å². The number of hydrogen-bond donors (Lipinski definition) is 1. The number of aromatic carboxylic acids is 1. The summed E-state index contributed by atoms with van der Waals surface area (Å²) in [6, 6.07) is 3.84. The van der Waals surface area contributed by atoms with Crippen LogP contribution in [0.3, 0.4) is 0 Å². The van der Waals surface area contributed by atoms with Crippen LogP contribution in [0.2, 0.25) is 0 Å². The van der Waals surface area contributed by atoms with Crippen LogP contribution in [-0.4, -0.2) is 26.0 Å². The topological polar surface area (TPSA) is 76.0 Å². The summed E-state index contributed by atoms with van der Waals surface area (Å²) in [7, 11) is 0. The Morgan fingerprint density at radius 3 is 2.61 bits per heavy atom. The van der Waals surface area contributed by atoms with E-state index in [1.54, 1.807) is 0 Å². The maximum atomic E-state index is 11.0. The van der Waals surface area contributed by atoms with Gasteiger partial charge in [0.1, 0.15) is 10.1 Å². The van der Waals surface area contributed by atoms with Gasteiger partial charge < -0.3 is 5.11 Å². The van der Waals surface area contributed by atoms with E-state index >= 15 is 0 Å². The van der Waals surface area contributed by atoms with Gasteiger partial charge in [-0.3, -0.25) is 0 Å². The van der Waals surface area contributed by atoms with Crippen LogP contribution in [0.15, 0.2) is 34.6 Å². The molecule has 0 unspecified atom stereocenters. The normalized spacial score (nSPS) is 10.3. The van der Waals surface area contributed by atoms with E-state index in [4.69, 9.17) is 5.11 Å². The van der Waals surface area contributed by atoms with Gasteiger partial charge in [0.2, 0.25) is 0 Å². The molecule has 2 heterocycles. The largest absolute Gasteiger partial charge is 0.476 e. The lowest BCUT2D eigenvalue weighted by Gasteiger charge is -2.04. The van der Waals surface area contributed by atoms with Crippen LogP contribution in [0, 0.1) is 13.8 Å². The zero-order chi connectivity index (χ0) is 13.1. The standard InChI is InChI=1S/C12H11N3O2S/c1-7-5-8(2)15-9(6-7)18-11-10(12(16)17)13-3-4-14-11/h3-6H,1-2H3,(H,16,17). The SMILES string of the molecule is Cc1cc(C)nc(Sc2nccnc2C(=O)O)c1. The molecule has 0 saturated heterocycles. The van der Waals surface area contributed by atoms with E-state index in [1.165, 1.54) is 24.2 Å². The number of pyridine rings is 1. The molecule has 0 amide bonds. The molecule has 0 aliphatic rings. The number of nitrogens with zero attached hydrogens (tertiary/aromatic N) is 3. The van der Waals surface area contributed by atoms with E-state index in [1.807, 2.05) is 26.0 Å². The number of carbonyl (C=O) groups is 1. The molecule has 2 aromatic rings. The summed E-state index contributed by atoms with van der Waals surface area (Å²) >= 11 is 1.21. The molecule has 0 saturated carbocycles. The van der Waals surface area contributed by atoms with Crippen LogP contribution < -0.4 is 0 Å². The number of rotatable bonds is 3. The van der Waals surface area contributed by atoms with Crippen molar-refractivity contribution in [2.24, 2.45) is 0 Å². The Bertz CT molecular complexity index is 581. The summed E-state index contributed by atoms with van der Waals surface area (Å²) in [5.41, 5.74) is 1.91. The van der Waals surface area contributed by atoms with Gasteiger partial charge in [0.25, 0.3) is 0 Å². The van der Waals surface area contributed by atoms with Crippen LogP contribution in [0.5, 0.6) is 0 Å². The highest BCUT2D eigenvalue weighted by Crippen LogP contribution is 2.27. The first-order valence-electron chi connectivity index (χ1n) is 5.23. The molecule has 0 radical (unpaired) electrons. The molecular formula is C12H11N3O2S. The van der Waals surface area contributed by atoms with E-state index in [-0.39, 0.29) is 5.69 Å². The van der Waals surface area contributed by atoms with Gasteiger partial charge in [-0.05, 0) is 43.3 Å². The Balaban J connectivity index is 2.37. The monoisotopic (exact) mass is 261 g/mol. The van der Waals surface area contributed by atoms with Gasteiger partial charge >= 0.3 is 5.97 Å². The van der Waals surface area contributed by atoms with Crippen LogP contribution in [0.1, 0.15) is 21.7 Å². The molecule has 0 atom stereocenters. The van der Waals surface area contributed by atoms with Crippen molar-refractivity contribution < 1.29 is 9.90 Å². The summed E-state index contributed by atoms with van der Waals surface area (Å²) in [5, 5.41) is 10.1. The first-order valence-corrected chi connectivity index (χ1v) is 6.05. The highest BCUT2D eigenvalue weighted by molar-refractivity contribution is 7.99. The molecule has 92 valence electrons. The molecule has 0 aromatic carbocycles. The maximum absolute atomic E-state index is 11.0. The number of hydrogen-bond acceptors (Lipinski definition) is 5. The van der Waals surface area contributed by atoms with Gasteiger partial charge in [-0.15, -0.1) is 0 Å². The summed E-state index contributed by atoms with van der Waals surface area (Å²) in [6.07, 6.45) is 2.83. The lowest BCUT2D eigenvalue weighted by molar-refractivity contribution is 0.0685. The summed E-state index contributed by atoms with van der Waals surface area (Å²) in [4.78, 5) is 23.2. The predicted molar refractivity (Wildman–Crippen MR) is 66.8 cm³/mol. The Kier molecular flexibility index (Phi) is 3.57. The van der Waals surface area contributed by atoms with Crippen molar-refractivity contribution in [3.05, 3.63) is 41.5 Å². The third-order valence-corrected chi connectivity index (χ3v) is 3.05. The molecule has 5 nitrogen and oxygen atoms in total. The highest BCUT2D eigenvalue weighted by Gasteiger charge is 2.14. The first-order chi connectivity index (χ1) is 8.56. The molecule has 2 aromatic heterocycles. The fourth-order valence-electron chi connectivity index (χ4n) is 1.50. The Hall–Kier alpha value is -1.95. The van der Waals surface area contributed by atoms with Gasteiger partial charge in [-0.2, -0.15) is 0 Å². The van der Waals surface area contributed by atoms with E-state index in [9.17, 15) is 4.79 Å². The lowest BCUT2D eigenvalue weighted by atomic mass is 10.3. The van der Waals surface area contributed by atoms with Crippen molar-refractivity contribution in [1.29, 1.82) is 0 Å². The molecular weight excluding hydrogens is 250 g/mol. The molecule has 0 aliphatic heterocycles. The molecule has 2 rings (SSSR count). The average Bonchev–Trinajstić information content (AvgIpc) is 2.27. The van der Waals surface area contributed by atoms with Gasteiger partial charge in [0, 0.05) is 18.1 Å². The molecule has 0 aliphatic carbocycles. The van der Waals surface area contributed by atoms with Crippen molar-refractivity contribution in [3.8, 4) is 0 Å². The first kappa shape index (κ1) is 12.5. The van der Waals surface area contributed by atoms with Crippen LogP contribution in [0.4, 0.5) is 0 Å². The third kappa shape index (κ3) is 2.84. The van der Waals surface area contributed by atoms with Gasteiger partial charge in [-0.25, -0.2) is 19.7 Å². The zero-order valence-corrected chi connectivity index (χ0v) is 10.7. The minimum Gasteiger partial charge on any atom is -0.476 e. The molecule has 0 spiro atoms. The second-order valence-electron chi connectivity index (χ2n) is 3.74. The minimum atomic E-state index is -1.09. The second-order valence-corrected chi connectivity index (χ2v) is 4.75. The van der Waals surface area contributed by atoms with E-state index in [0.717, 1.165) is 16.3 Å². The van der Waals surface area contributed by atoms with Crippen molar-refractivity contribution >= 4 is 17.7 Å². The van der Waals surface area contributed by atoms with Crippen LogP contribution in [0.25, 0.3) is 0 Å². The third-order valence-electron chi connectivity index (χ3n) is 2.14. The predicted octanol–water partition coefficient (Wildman–Crippen LogP) is 2.34. The number of carboxylic acids is 1. The molecule has 1 N–H and O–H groups in total.